The van der Waals surface area contributed by atoms with Gasteiger partial charge >= 0.3 is 12.1 Å². The highest BCUT2D eigenvalue weighted by Gasteiger charge is 2.37. The predicted molar refractivity (Wildman–Crippen MR) is 177 cm³/mol. The highest BCUT2D eigenvalue weighted by molar-refractivity contribution is 5.94. The number of benzene rings is 3. The number of carbonyl (C=O) groups excluding carboxylic acids is 4. The molecule has 47 heavy (non-hydrogen) atoms. The Balaban J connectivity index is 2.01. The predicted octanol–water partition coefficient (Wildman–Crippen LogP) is 4.80. The van der Waals surface area contributed by atoms with Crippen LogP contribution >= 0.6 is 0 Å². The van der Waals surface area contributed by atoms with Gasteiger partial charge in [0.15, 0.2) is 0 Å². The summed E-state index contributed by atoms with van der Waals surface area (Å²) in [5.41, 5.74) is -0.209. The lowest BCUT2D eigenvalue weighted by Crippen LogP contribution is -2.54. The number of phenols is 2. The van der Waals surface area contributed by atoms with Gasteiger partial charge in [-0.05, 0) is 70.9 Å². The van der Waals surface area contributed by atoms with Crippen LogP contribution in [0.4, 0.5) is 4.79 Å². The Morgan fingerprint density at radius 2 is 1.23 bits per heavy atom. The van der Waals surface area contributed by atoms with Gasteiger partial charge in [-0.25, -0.2) is 9.59 Å². The zero-order chi connectivity index (χ0) is 34.9. The summed E-state index contributed by atoms with van der Waals surface area (Å²) in [6.07, 6.45) is -0.748. The monoisotopic (exact) mass is 647 g/mol. The van der Waals surface area contributed by atoms with Gasteiger partial charge in [-0.15, -0.1) is 0 Å². The summed E-state index contributed by atoms with van der Waals surface area (Å²) in [6, 6.07) is 17.5. The van der Waals surface area contributed by atoms with E-state index >= 15 is 0 Å². The lowest BCUT2D eigenvalue weighted by atomic mass is 9.99. The van der Waals surface area contributed by atoms with E-state index in [-0.39, 0.29) is 29.9 Å². The molecule has 0 heterocycles. The Kier molecular flexibility index (Phi) is 12.0. The van der Waals surface area contributed by atoms with Gasteiger partial charge in [0.05, 0.1) is 0 Å². The topological polar surface area (TPSA) is 154 Å². The smallest absolute Gasteiger partial charge is 0.408 e. The van der Waals surface area contributed by atoms with Gasteiger partial charge in [-0.2, -0.15) is 0 Å². The van der Waals surface area contributed by atoms with E-state index in [0.717, 1.165) is 10.5 Å². The second-order valence-corrected chi connectivity index (χ2v) is 13.3. The molecule has 0 bridgehead atoms. The van der Waals surface area contributed by atoms with E-state index in [2.05, 4.69) is 10.6 Å². The molecule has 0 saturated carbocycles. The van der Waals surface area contributed by atoms with Crippen molar-refractivity contribution in [2.24, 2.45) is 0 Å². The van der Waals surface area contributed by atoms with E-state index in [0.29, 0.717) is 5.56 Å². The van der Waals surface area contributed by atoms with Gasteiger partial charge < -0.3 is 35.2 Å². The van der Waals surface area contributed by atoms with Gasteiger partial charge in [0.25, 0.3) is 0 Å². The number of phenolic OH excluding ortho intramolecular Hbond substituents is 2. The molecular weight excluding hydrogens is 602 g/mol. The van der Waals surface area contributed by atoms with E-state index in [1.165, 1.54) is 31.3 Å². The molecule has 3 atom stereocenters. The van der Waals surface area contributed by atoms with E-state index in [1.807, 2.05) is 30.3 Å². The Bertz CT molecular complexity index is 1530. The molecule has 3 unspecified atom stereocenters. The SMILES string of the molecule is CN(C(=O)C(Cc1ccc(O)cc1)NC(=O)OC(C)(C)C)C(C(=O)NC(Cc1ccccc1)C(=O)OC(C)(C)C)c1ccccc1O. The number of hydrogen-bond acceptors (Lipinski definition) is 8. The van der Waals surface area contributed by atoms with E-state index < -0.39 is 53.2 Å². The van der Waals surface area contributed by atoms with Crippen LogP contribution in [0.15, 0.2) is 78.9 Å². The molecule has 252 valence electrons. The van der Waals surface area contributed by atoms with Crippen LogP contribution in [0.1, 0.15) is 64.3 Å². The number of esters is 1. The van der Waals surface area contributed by atoms with Crippen molar-refractivity contribution < 1.29 is 38.9 Å². The highest BCUT2D eigenvalue weighted by Crippen LogP contribution is 2.29. The lowest BCUT2D eigenvalue weighted by Gasteiger charge is -2.33. The third-order valence-corrected chi connectivity index (χ3v) is 6.87. The maximum atomic E-state index is 14.2. The molecule has 0 radical (unpaired) electrons. The average molecular weight is 648 g/mol. The molecular formula is C36H45N3O8. The number of alkyl carbamates (subject to hydrolysis) is 1. The molecule has 0 aliphatic heterocycles. The van der Waals surface area contributed by atoms with Crippen LogP contribution in [0, 0.1) is 0 Å². The third kappa shape index (κ3) is 11.4. The second kappa shape index (κ2) is 15.5. The fraction of sp³-hybridized carbons (Fsp3) is 0.389. The van der Waals surface area contributed by atoms with Crippen molar-refractivity contribution in [2.45, 2.75) is 83.7 Å². The summed E-state index contributed by atoms with van der Waals surface area (Å²) in [5.74, 6) is -2.32. The number of likely N-dealkylation sites (N-methyl/N-ethyl adjacent to an activating group) is 1. The molecule has 4 N–H and O–H groups in total. The summed E-state index contributed by atoms with van der Waals surface area (Å²) >= 11 is 0. The molecule has 0 spiro atoms. The Morgan fingerprint density at radius 3 is 1.81 bits per heavy atom. The van der Waals surface area contributed by atoms with Crippen molar-refractivity contribution in [1.82, 2.24) is 15.5 Å². The number of rotatable bonds is 11. The molecule has 11 nitrogen and oxygen atoms in total. The minimum Gasteiger partial charge on any atom is -0.508 e. The standard InChI is InChI=1S/C36H45N3O8/c1-35(2,3)46-33(44)28(22-23-13-9-8-10-14-23)37-31(42)30(26-15-11-12-16-29(26)41)39(7)32(43)27(38-34(45)47-36(4,5)6)21-24-17-19-25(40)20-18-24/h8-20,27-28,30,40-41H,21-22H2,1-7H3,(H,37,42)(H,38,45). The number of aromatic hydroxyl groups is 2. The van der Waals surface area contributed by atoms with Gasteiger partial charge in [0.1, 0.15) is 40.8 Å². The summed E-state index contributed by atoms with van der Waals surface area (Å²) < 4.78 is 11.0. The van der Waals surface area contributed by atoms with Crippen LogP contribution in [0.5, 0.6) is 11.5 Å². The highest BCUT2D eigenvalue weighted by atomic mass is 16.6. The first kappa shape index (κ1) is 36.4. The molecule has 3 amide bonds. The van der Waals surface area contributed by atoms with Crippen LogP contribution in [0.3, 0.4) is 0 Å². The van der Waals surface area contributed by atoms with Gasteiger partial charge in [0, 0.05) is 25.5 Å². The number of amides is 3. The maximum absolute atomic E-state index is 14.2. The molecule has 3 aromatic rings. The first-order valence-electron chi connectivity index (χ1n) is 15.3. The number of nitrogens with one attached hydrogen (secondary N) is 2. The van der Waals surface area contributed by atoms with E-state index in [1.54, 1.807) is 65.8 Å². The molecule has 3 rings (SSSR count). The number of hydrogen-bond donors (Lipinski definition) is 4. The third-order valence-electron chi connectivity index (χ3n) is 6.87. The molecule has 11 heteroatoms. The minimum absolute atomic E-state index is 0.00759. The first-order chi connectivity index (χ1) is 21.9. The van der Waals surface area contributed by atoms with Crippen LogP contribution < -0.4 is 10.6 Å². The van der Waals surface area contributed by atoms with Gasteiger partial charge in [-0.1, -0.05) is 60.7 Å². The molecule has 0 aliphatic carbocycles. The molecule has 0 fully saturated rings. The largest absolute Gasteiger partial charge is 0.508 e. The van der Waals surface area contributed by atoms with Crippen molar-refractivity contribution in [3.05, 3.63) is 95.6 Å². The average Bonchev–Trinajstić information content (AvgIpc) is 2.97. The summed E-state index contributed by atoms with van der Waals surface area (Å²) in [5, 5.41) is 26.0. The fourth-order valence-corrected chi connectivity index (χ4v) is 4.80. The molecule has 0 aromatic heterocycles. The Labute approximate surface area is 275 Å². The molecule has 0 aliphatic rings. The zero-order valence-corrected chi connectivity index (χ0v) is 27.9. The first-order valence-corrected chi connectivity index (χ1v) is 15.3. The van der Waals surface area contributed by atoms with Crippen LogP contribution in [0.25, 0.3) is 0 Å². The molecule has 3 aromatic carbocycles. The van der Waals surface area contributed by atoms with E-state index in [4.69, 9.17) is 9.47 Å². The Morgan fingerprint density at radius 1 is 0.702 bits per heavy atom. The van der Waals surface area contributed by atoms with Gasteiger partial charge in [0.2, 0.25) is 11.8 Å². The summed E-state index contributed by atoms with van der Waals surface area (Å²) in [7, 11) is 1.37. The normalized spacial score (nSPS) is 13.4. The number of nitrogens with zero attached hydrogens (tertiary/aromatic N) is 1. The quantitative estimate of drug-likeness (QED) is 0.217. The van der Waals surface area contributed by atoms with Crippen molar-refractivity contribution >= 4 is 23.9 Å². The van der Waals surface area contributed by atoms with Gasteiger partial charge in [-0.3, -0.25) is 9.59 Å². The second-order valence-electron chi connectivity index (χ2n) is 13.3. The van der Waals surface area contributed by atoms with Crippen LogP contribution in [-0.2, 0) is 36.7 Å². The summed E-state index contributed by atoms with van der Waals surface area (Å²) in [6.45, 7) is 10.2. The zero-order valence-electron chi connectivity index (χ0n) is 27.9. The van der Waals surface area contributed by atoms with Crippen LogP contribution in [0.2, 0.25) is 0 Å². The maximum Gasteiger partial charge on any atom is 0.408 e. The number of ether oxygens (including phenoxy) is 2. The van der Waals surface area contributed by atoms with E-state index in [9.17, 15) is 29.4 Å². The Hall–Kier alpha value is -5.06. The fourth-order valence-electron chi connectivity index (χ4n) is 4.80. The minimum atomic E-state index is -1.42. The number of carbonyl (C=O) groups is 4. The summed E-state index contributed by atoms with van der Waals surface area (Å²) in [4.78, 5) is 55.7. The lowest BCUT2D eigenvalue weighted by molar-refractivity contribution is -0.159. The number of para-hydroxylation sites is 1. The van der Waals surface area contributed by atoms with Crippen molar-refractivity contribution in [1.29, 1.82) is 0 Å². The van der Waals surface area contributed by atoms with Crippen molar-refractivity contribution in [2.75, 3.05) is 7.05 Å². The van der Waals surface area contributed by atoms with Crippen LogP contribution in [-0.4, -0.2) is 69.3 Å². The van der Waals surface area contributed by atoms with Crippen molar-refractivity contribution in [3.8, 4) is 11.5 Å². The molecule has 0 saturated heterocycles. The van der Waals surface area contributed by atoms with Crippen molar-refractivity contribution in [3.63, 3.8) is 0 Å².